The third-order valence-corrected chi connectivity index (χ3v) is 5.56. The van der Waals surface area contributed by atoms with Crippen LogP contribution < -0.4 is 10.3 Å². The Morgan fingerprint density at radius 1 is 1.32 bits per heavy atom. The van der Waals surface area contributed by atoms with Gasteiger partial charge in [0.15, 0.2) is 0 Å². The molecule has 0 spiro atoms. The van der Waals surface area contributed by atoms with Gasteiger partial charge in [0.1, 0.15) is 11.4 Å². The van der Waals surface area contributed by atoms with Crippen LogP contribution in [0.3, 0.4) is 0 Å². The highest BCUT2D eigenvalue weighted by atomic mass is 19.1. The minimum Gasteiger partial charge on any atom is -0.633 e. The molecule has 7 nitrogen and oxygen atoms in total. The predicted octanol–water partition coefficient (Wildman–Crippen LogP) is 2.42. The van der Waals surface area contributed by atoms with E-state index in [1.54, 1.807) is 26.2 Å². The maximum Gasteiger partial charge on any atom is 0.343 e. The normalized spacial score (nSPS) is 19.1. The second kappa shape index (κ2) is 6.86. The van der Waals surface area contributed by atoms with Crippen molar-refractivity contribution in [2.24, 2.45) is 0 Å². The molecule has 8 heteroatoms. The number of anilines is 1. The Bertz CT molecular complexity index is 987. The van der Waals surface area contributed by atoms with Gasteiger partial charge in [-0.25, -0.2) is 9.18 Å². The highest BCUT2D eigenvalue weighted by Gasteiger charge is 2.29. The number of nitrogens with zero attached hydrogens (tertiary/aromatic N) is 3. The van der Waals surface area contributed by atoms with Gasteiger partial charge in [0.05, 0.1) is 51.0 Å². The molecule has 1 aliphatic heterocycles. The van der Waals surface area contributed by atoms with Crippen molar-refractivity contribution in [2.45, 2.75) is 25.8 Å². The van der Waals surface area contributed by atoms with E-state index in [0.717, 1.165) is 12.8 Å². The third-order valence-electron chi connectivity index (χ3n) is 5.56. The van der Waals surface area contributed by atoms with E-state index in [0.29, 0.717) is 37.4 Å². The summed E-state index contributed by atoms with van der Waals surface area (Å²) in [6.07, 6.45) is 3.44. The van der Waals surface area contributed by atoms with Gasteiger partial charge in [0.2, 0.25) is 5.43 Å². The predicted molar refractivity (Wildman–Crippen MR) is 104 cm³/mol. The van der Waals surface area contributed by atoms with Crippen LogP contribution in [0.15, 0.2) is 23.1 Å². The number of pyridine rings is 1. The number of carbonyl (C=O) groups excluding carboxylic acids is 1. The lowest BCUT2D eigenvalue weighted by molar-refractivity contribution is -0.861. The molecule has 1 saturated carbocycles. The van der Waals surface area contributed by atoms with Crippen molar-refractivity contribution in [3.8, 4) is 0 Å². The Labute approximate surface area is 162 Å². The fourth-order valence-corrected chi connectivity index (χ4v) is 3.74. The lowest BCUT2D eigenvalue weighted by Gasteiger charge is -2.45. The molecule has 1 aromatic heterocycles. The number of piperazine rings is 1. The third kappa shape index (κ3) is 3.38. The van der Waals surface area contributed by atoms with E-state index in [-0.39, 0.29) is 28.2 Å². The molecule has 4 rings (SSSR count). The number of likely N-dealkylation sites (N-methyl/N-ethyl adjacent to an activating group) is 1. The first-order valence-corrected chi connectivity index (χ1v) is 9.67. The standard InChI is InChI=1S/C20H24FN3O4/c1-3-28-20(26)15-12-23(13-4-5-13)17-11-18(16(21)10-14(17)19(15)25)22-6-8-24(2,27)9-7-22/h10-13H,3-9H2,1-2H3. The Morgan fingerprint density at radius 2 is 2.00 bits per heavy atom. The first-order valence-electron chi connectivity index (χ1n) is 9.67. The van der Waals surface area contributed by atoms with Gasteiger partial charge in [-0.1, -0.05) is 0 Å². The van der Waals surface area contributed by atoms with Gasteiger partial charge >= 0.3 is 5.97 Å². The van der Waals surface area contributed by atoms with Crippen LogP contribution >= 0.6 is 0 Å². The topological polar surface area (TPSA) is 74.6 Å². The van der Waals surface area contributed by atoms with Crippen molar-refractivity contribution >= 4 is 22.6 Å². The number of hydrogen-bond donors (Lipinski definition) is 0. The number of aromatic nitrogens is 1. The van der Waals surface area contributed by atoms with Crippen LogP contribution in [0.2, 0.25) is 0 Å². The monoisotopic (exact) mass is 389 g/mol. The molecular weight excluding hydrogens is 365 g/mol. The van der Waals surface area contributed by atoms with E-state index in [1.165, 1.54) is 6.07 Å². The largest absolute Gasteiger partial charge is 0.633 e. The van der Waals surface area contributed by atoms with Gasteiger partial charge in [-0.05, 0) is 31.9 Å². The van der Waals surface area contributed by atoms with Crippen LogP contribution in [-0.4, -0.2) is 55.0 Å². The number of hydrogen-bond acceptors (Lipinski definition) is 5. The van der Waals surface area contributed by atoms with Crippen molar-refractivity contribution in [3.05, 3.63) is 45.1 Å². The average Bonchev–Trinajstić information content (AvgIpc) is 3.47. The molecule has 2 fully saturated rings. The van der Waals surface area contributed by atoms with Crippen molar-refractivity contribution in [1.29, 1.82) is 0 Å². The summed E-state index contributed by atoms with van der Waals surface area (Å²) >= 11 is 0. The fourth-order valence-electron chi connectivity index (χ4n) is 3.74. The molecule has 1 aliphatic carbocycles. The summed E-state index contributed by atoms with van der Waals surface area (Å²) in [5, 5.41) is 12.3. The fraction of sp³-hybridized carbons (Fsp3) is 0.500. The molecule has 28 heavy (non-hydrogen) atoms. The highest BCUT2D eigenvalue weighted by Crippen LogP contribution is 2.38. The number of quaternary nitrogens is 1. The number of fused-ring (bicyclic) bond motifs is 1. The summed E-state index contributed by atoms with van der Waals surface area (Å²) in [7, 11) is 1.62. The molecule has 0 N–H and O–H groups in total. The Morgan fingerprint density at radius 3 is 2.61 bits per heavy atom. The van der Waals surface area contributed by atoms with Crippen LogP contribution in [0.5, 0.6) is 0 Å². The summed E-state index contributed by atoms with van der Waals surface area (Å²) in [5.74, 6) is -1.20. The summed E-state index contributed by atoms with van der Waals surface area (Å²) < 4.78 is 21.5. The van der Waals surface area contributed by atoms with Gasteiger partial charge in [-0.15, -0.1) is 0 Å². The van der Waals surface area contributed by atoms with Crippen molar-refractivity contribution < 1.29 is 18.6 Å². The second-order valence-corrected chi connectivity index (χ2v) is 7.78. The zero-order valence-corrected chi connectivity index (χ0v) is 16.1. The van der Waals surface area contributed by atoms with E-state index in [4.69, 9.17) is 4.74 Å². The van der Waals surface area contributed by atoms with Crippen LogP contribution in [0.4, 0.5) is 10.1 Å². The first kappa shape index (κ1) is 18.9. The van der Waals surface area contributed by atoms with Gasteiger partial charge in [0, 0.05) is 17.6 Å². The molecule has 0 unspecified atom stereocenters. The number of carbonyl (C=O) groups is 1. The molecule has 2 heterocycles. The molecule has 2 aromatic rings. The van der Waals surface area contributed by atoms with E-state index < -0.39 is 17.2 Å². The minimum atomic E-state index is -0.684. The number of benzene rings is 1. The zero-order valence-electron chi connectivity index (χ0n) is 16.1. The Hall–Kier alpha value is -2.45. The van der Waals surface area contributed by atoms with Crippen molar-refractivity contribution in [3.63, 3.8) is 0 Å². The van der Waals surface area contributed by atoms with Crippen LogP contribution in [0, 0.1) is 11.0 Å². The summed E-state index contributed by atoms with van der Waals surface area (Å²) in [6, 6.07) is 3.09. The lowest BCUT2D eigenvalue weighted by Crippen LogP contribution is -2.54. The number of hydroxylamine groups is 3. The SMILES string of the molecule is CCOC(=O)c1cn(C2CC2)c2cc(N3CC[N+](C)([O-])CC3)c(F)cc2c1=O. The molecule has 0 bridgehead atoms. The van der Waals surface area contributed by atoms with Crippen LogP contribution in [0.1, 0.15) is 36.2 Å². The average molecular weight is 389 g/mol. The van der Waals surface area contributed by atoms with Gasteiger partial charge in [-0.3, -0.25) is 4.79 Å². The molecule has 2 aliphatic rings. The first-order chi connectivity index (χ1) is 13.3. The molecule has 1 saturated heterocycles. The molecule has 1 aromatic carbocycles. The summed E-state index contributed by atoms with van der Waals surface area (Å²) in [5.41, 5.74) is 0.427. The number of rotatable bonds is 4. The van der Waals surface area contributed by atoms with Crippen molar-refractivity contribution in [2.75, 3.05) is 44.7 Å². The quantitative estimate of drug-likeness (QED) is 0.456. The van der Waals surface area contributed by atoms with Crippen molar-refractivity contribution in [1.82, 2.24) is 4.57 Å². The molecular formula is C20H24FN3O4. The zero-order chi connectivity index (χ0) is 20.1. The highest BCUT2D eigenvalue weighted by molar-refractivity contribution is 5.94. The van der Waals surface area contributed by atoms with Gasteiger partial charge < -0.3 is 24.1 Å². The number of halogens is 1. The van der Waals surface area contributed by atoms with E-state index in [1.807, 2.05) is 9.47 Å². The second-order valence-electron chi connectivity index (χ2n) is 7.78. The van der Waals surface area contributed by atoms with E-state index in [2.05, 4.69) is 0 Å². The molecule has 0 amide bonds. The summed E-state index contributed by atoms with van der Waals surface area (Å²) in [6.45, 7) is 3.52. The molecule has 0 atom stereocenters. The van der Waals surface area contributed by atoms with Crippen LogP contribution in [0.25, 0.3) is 10.9 Å². The lowest BCUT2D eigenvalue weighted by atomic mass is 10.1. The Kier molecular flexibility index (Phi) is 4.63. The maximum absolute atomic E-state index is 14.9. The summed E-state index contributed by atoms with van der Waals surface area (Å²) in [4.78, 5) is 26.9. The molecule has 0 radical (unpaired) electrons. The van der Waals surface area contributed by atoms with Gasteiger partial charge in [-0.2, -0.15) is 0 Å². The van der Waals surface area contributed by atoms with E-state index in [9.17, 15) is 19.2 Å². The number of ether oxygens (including phenoxy) is 1. The smallest absolute Gasteiger partial charge is 0.343 e. The van der Waals surface area contributed by atoms with E-state index >= 15 is 0 Å². The Balaban J connectivity index is 1.83. The molecule has 150 valence electrons. The maximum atomic E-state index is 14.9. The van der Waals surface area contributed by atoms with Crippen LogP contribution in [-0.2, 0) is 4.74 Å². The van der Waals surface area contributed by atoms with Gasteiger partial charge in [0.25, 0.3) is 0 Å². The number of esters is 1. The minimum absolute atomic E-state index is 0.0641.